The van der Waals surface area contributed by atoms with Gasteiger partial charge in [0.05, 0.1) is 24.5 Å². The molecule has 2 heterocycles. The van der Waals surface area contributed by atoms with Crippen LogP contribution in [-0.4, -0.2) is 56.2 Å². The molecule has 0 atom stereocenters. The predicted octanol–water partition coefficient (Wildman–Crippen LogP) is 0.0458. The number of nitrogens with one attached hydrogen (secondary N) is 1. The van der Waals surface area contributed by atoms with Gasteiger partial charge >= 0.3 is 5.97 Å². The van der Waals surface area contributed by atoms with Crippen molar-refractivity contribution in [2.75, 3.05) is 39.5 Å². The van der Waals surface area contributed by atoms with Gasteiger partial charge in [0.1, 0.15) is 6.61 Å². The molecule has 0 saturated carbocycles. The third-order valence-corrected chi connectivity index (χ3v) is 3.33. The summed E-state index contributed by atoms with van der Waals surface area (Å²) in [6.07, 6.45) is 1.26. The van der Waals surface area contributed by atoms with E-state index in [9.17, 15) is 9.59 Å². The summed E-state index contributed by atoms with van der Waals surface area (Å²) in [5, 5.41) is 3.22. The average molecular weight is 268 g/mol. The number of amides is 1. The summed E-state index contributed by atoms with van der Waals surface area (Å²) >= 11 is 0. The standard InChI is InChI=1S/C13H20N2O4/c1-10-11(9-19-13(10)17)15-6-8-18-7-5-14-4-2-3-12(15)16/h14H,2-9H2,1H3. The molecule has 6 heteroatoms. The van der Waals surface area contributed by atoms with Crippen molar-refractivity contribution in [2.24, 2.45) is 0 Å². The van der Waals surface area contributed by atoms with E-state index in [2.05, 4.69) is 5.32 Å². The first-order valence-electron chi connectivity index (χ1n) is 6.66. The largest absolute Gasteiger partial charge is 0.456 e. The van der Waals surface area contributed by atoms with Crippen molar-refractivity contribution in [1.29, 1.82) is 0 Å². The Hall–Kier alpha value is -1.40. The highest BCUT2D eigenvalue weighted by Gasteiger charge is 2.28. The van der Waals surface area contributed by atoms with Crippen LogP contribution in [0.4, 0.5) is 0 Å². The number of carbonyl (C=O) groups is 2. The van der Waals surface area contributed by atoms with Gasteiger partial charge in [-0.2, -0.15) is 0 Å². The highest BCUT2D eigenvalue weighted by atomic mass is 16.5. The van der Waals surface area contributed by atoms with E-state index in [-0.39, 0.29) is 18.5 Å². The Kier molecular flexibility index (Phi) is 4.93. The minimum absolute atomic E-state index is 0.0277. The van der Waals surface area contributed by atoms with E-state index in [0.717, 1.165) is 19.5 Å². The maximum absolute atomic E-state index is 12.2. The van der Waals surface area contributed by atoms with Gasteiger partial charge < -0.3 is 19.7 Å². The molecule has 0 bridgehead atoms. The summed E-state index contributed by atoms with van der Waals surface area (Å²) in [6, 6.07) is 0. The van der Waals surface area contributed by atoms with Crippen LogP contribution >= 0.6 is 0 Å². The first-order chi connectivity index (χ1) is 9.20. The molecule has 1 N–H and O–H groups in total. The van der Waals surface area contributed by atoms with E-state index in [4.69, 9.17) is 9.47 Å². The van der Waals surface area contributed by atoms with Crippen molar-refractivity contribution in [1.82, 2.24) is 10.2 Å². The highest BCUT2D eigenvalue weighted by molar-refractivity contribution is 5.92. The monoisotopic (exact) mass is 268 g/mol. The SMILES string of the molecule is CC1=C(N2CCOCCNCCCC2=O)COC1=O. The number of nitrogens with zero attached hydrogens (tertiary/aromatic N) is 1. The number of cyclic esters (lactones) is 1. The second kappa shape index (κ2) is 6.68. The normalized spacial score (nSPS) is 23.3. The van der Waals surface area contributed by atoms with Crippen molar-refractivity contribution >= 4 is 11.9 Å². The summed E-state index contributed by atoms with van der Waals surface area (Å²) in [5.41, 5.74) is 1.21. The number of esters is 1. The second-order valence-corrected chi connectivity index (χ2v) is 4.66. The third-order valence-electron chi connectivity index (χ3n) is 3.33. The first-order valence-corrected chi connectivity index (χ1v) is 6.66. The molecule has 1 fully saturated rings. The Balaban J connectivity index is 2.09. The van der Waals surface area contributed by atoms with Crippen molar-refractivity contribution in [3.05, 3.63) is 11.3 Å². The van der Waals surface area contributed by atoms with Crippen LogP contribution in [0.15, 0.2) is 11.3 Å². The quantitative estimate of drug-likeness (QED) is 0.680. The molecule has 106 valence electrons. The molecule has 1 saturated heterocycles. The Morgan fingerprint density at radius 2 is 2.05 bits per heavy atom. The Morgan fingerprint density at radius 3 is 2.79 bits per heavy atom. The fourth-order valence-corrected chi connectivity index (χ4v) is 2.19. The minimum atomic E-state index is -0.334. The van der Waals surface area contributed by atoms with Gasteiger partial charge in [-0.05, 0) is 19.9 Å². The zero-order valence-corrected chi connectivity index (χ0v) is 11.2. The van der Waals surface area contributed by atoms with E-state index in [1.54, 1.807) is 11.8 Å². The van der Waals surface area contributed by atoms with E-state index >= 15 is 0 Å². The topological polar surface area (TPSA) is 67.9 Å². The summed E-state index contributed by atoms with van der Waals surface area (Å²) in [5.74, 6) is -0.306. The fourth-order valence-electron chi connectivity index (χ4n) is 2.19. The number of carbonyl (C=O) groups excluding carboxylic acids is 2. The molecule has 0 aromatic rings. The van der Waals surface area contributed by atoms with E-state index in [1.807, 2.05) is 0 Å². The van der Waals surface area contributed by atoms with E-state index in [0.29, 0.717) is 37.4 Å². The molecule has 2 aliphatic rings. The Morgan fingerprint density at radius 1 is 1.21 bits per heavy atom. The van der Waals surface area contributed by atoms with Crippen LogP contribution in [0, 0.1) is 0 Å². The molecule has 0 aliphatic carbocycles. The maximum Gasteiger partial charge on any atom is 0.336 e. The Bertz CT molecular complexity index is 392. The fraction of sp³-hybridized carbons (Fsp3) is 0.692. The van der Waals surface area contributed by atoms with E-state index < -0.39 is 0 Å². The lowest BCUT2D eigenvalue weighted by Gasteiger charge is -2.23. The molecular weight excluding hydrogens is 248 g/mol. The molecule has 19 heavy (non-hydrogen) atoms. The molecule has 2 rings (SSSR count). The second-order valence-electron chi connectivity index (χ2n) is 4.66. The molecule has 1 amide bonds. The van der Waals surface area contributed by atoms with Gasteiger partial charge in [-0.1, -0.05) is 0 Å². The number of ether oxygens (including phenoxy) is 2. The molecule has 0 spiro atoms. The number of rotatable bonds is 1. The van der Waals surface area contributed by atoms with Crippen LogP contribution < -0.4 is 5.32 Å². The maximum atomic E-state index is 12.2. The third kappa shape index (κ3) is 3.54. The summed E-state index contributed by atoms with van der Waals surface area (Å²) in [7, 11) is 0. The van der Waals surface area contributed by atoms with Gasteiger partial charge in [0, 0.05) is 19.5 Å². The van der Waals surface area contributed by atoms with Crippen molar-refractivity contribution in [3.8, 4) is 0 Å². The molecule has 0 aromatic heterocycles. The molecule has 0 radical (unpaired) electrons. The zero-order chi connectivity index (χ0) is 13.7. The van der Waals surface area contributed by atoms with Crippen LogP contribution in [0.2, 0.25) is 0 Å². The average Bonchev–Trinajstić information content (AvgIpc) is 2.70. The molecule has 2 aliphatic heterocycles. The number of hydrogen-bond donors (Lipinski definition) is 1. The van der Waals surface area contributed by atoms with Gasteiger partial charge in [-0.15, -0.1) is 0 Å². The smallest absolute Gasteiger partial charge is 0.336 e. The van der Waals surface area contributed by atoms with Gasteiger partial charge in [-0.25, -0.2) is 4.79 Å². The van der Waals surface area contributed by atoms with Crippen LogP contribution in [-0.2, 0) is 19.1 Å². The lowest BCUT2D eigenvalue weighted by molar-refractivity contribution is -0.136. The summed E-state index contributed by atoms with van der Waals surface area (Å²) < 4.78 is 10.4. The van der Waals surface area contributed by atoms with Crippen LogP contribution in [0.5, 0.6) is 0 Å². The van der Waals surface area contributed by atoms with Crippen LogP contribution in [0.3, 0.4) is 0 Å². The van der Waals surface area contributed by atoms with Crippen molar-refractivity contribution in [3.63, 3.8) is 0 Å². The first kappa shape index (κ1) is 14.0. The zero-order valence-electron chi connectivity index (χ0n) is 11.2. The molecule has 6 nitrogen and oxygen atoms in total. The van der Waals surface area contributed by atoms with Crippen molar-refractivity contribution in [2.45, 2.75) is 19.8 Å². The van der Waals surface area contributed by atoms with Gasteiger partial charge in [0.2, 0.25) is 5.91 Å². The van der Waals surface area contributed by atoms with Gasteiger partial charge in [0.25, 0.3) is 0 Å². The van der Waals surface area contributed by atoms with Crippen LogP contribution in [0.25, 0.3) is 0 Å². The summed E-state index contributed by atoms with van der Waals surface area (Å²) in [6.45, 7) is 5.07. The predicted molar refractivity (Wildman–Crippen MR) is 68.3 cm³/mol. The molecule has 0 unspecified atom stereocenters. The Labute approximate surface area is 112 Å². The van der Waals surface area contributed by atoms with Crippen LogP contribution in [0.1, 0.15) is 19.8 Å². The van der Waals surface area contributed by atoms with Crippen molar-refractivity contribution < 1.29 is 19.1 Å². The lowest BCUT2D eigenvalue weighted by Crippen LogP contribution is -2.34. The minimum Gasteiger partial charge on any atom is -0.456 e. The van der Waals surface area contributed by atoms with Gasteiger partial charge in [-0.3, -0.25) is 4.79 Å². The number of hydrogen-bond acceptors (Lipinski definition) is 5. The molecular formula is C13H20N2O4. The van der Waals surface area contributed by atoms with Gasteiger partial charge in [0.15, 0.2) is 0 Å². The van der Waals surface area contributed by atoms with E-state index in [1.165, 1.54) is 0 Å². The lowest BCUT2D eigenvalue weighted by atomic mass is 10.2. The highest BCUT2D eigenvalue weighted by Crippen LogP contribution is 2.20. The molecule has 0 aromatic carbocycles. The summed E-state index contributed by atoms with van der Waals surface area (Å²) in [4.78, 5) is 25.3.